The molecular weight excluding hydrogens is 296 g/mol. The third kappa shape index (κ3) is 2.99. The van der Waals surface area contributed by atoms with E-state index < -0.39 is 5.97 Å². The smallest absolute Gasteiger partial charge is 0.306 e. The minimum atomic E-state index is -0.733. The van der Waals surface area contributed by atoms with Gasteiger partial charge in [-0.25, -0.2) is 0 Å². The van der Waals surface area contributed by atoms with Gasteiger partial charge in [-0.15, -0.1) is 0 Å². The number of ketones is 1. The van der Waals surface area contributed by atoms with E-state index in [0.29, 0.717) is 31.2 Å². The van der Waals surface area contributed by atoms with Crippen LogP contribution in [0.1, 0.15) is 36.0 Å². The first kappa shape index (κ1) is 13.3. The predicted molar refractivity (Wildman–Crippen MR) is 71.6 cm³/mol. The molecule has 0 atom stereocenters. The Kier molecular flexibility index (Phi) is 4.17. The molecule has 0 radical (unpaired) electrons. The zero-order valence-corrected chi connectivity index (χ0v) is 11.5. The predicted octanol–water partition coefficient (Wildman–Crippen LogP) is 3.52. The number of benzene rings is 1. The van der Waals surface area contributed by atoms with Crippen molar-refractivity contribution in [1.82, 2.24) is 0 Å². The Bertz CT molecular complexity index is 462. The Morgan fingerprint density at radius 3 is 2.28 bits per heavy atom. The van der Waals surface area contributed by atoms with Crippen LogP contribution in [0.15, 0.2) is 28.7 Å². The number of rotatable bonds is 3. The van der Waals surface area contributed by atoms with Crippen molar-refractivity contribution in [3.05, 3.63) is 34.3 Å². The molecule has 0 unspecified atom stereocenters. The number of carbonyl (C=O) groups excluding carboxylic acids is 1. The lowest BCUT2D eigenvalue weighted by Gasteiger charge is -2.25. The average molecular weight is 311 g/mol. The van der Waals surface area contributed by atoms with E-state index in [0.717, 1.165) is 4.47 Å². The Labute approximate surface area is 114 Å². The second kappa shape index (κ2) is 5.65. The molecule has 18 heavy (non-hydrogen) atoms. The molecule has 1 N–H and O–H groups in total. The minimum Gasteiger partial charge on any atom is -0.481 e. The fourth-order valence-electron chi connectivity index (χ4n) is 2.48. The topological polar surface area (TPSA) is 54.4 Å². The fourth-order valence-corrected chi connectivity index (χ4v) is 2.88. The van der Waals surface area contributed by atoms with Crippen LogP contribution >= 0.6 is 15.9 Å². The van der Waals surface area contributed by atoms with Crippen molar-refractivity contribution in [1.29, 1.82) is 0 Å². The van der Waals surface area contributed by atoms with Crippen molar-refractivity contribution in [3.8, 4) is 0 Å². The van der Waals surface area contributed by atoms with Gasteiger partial charge in [0, 0.05) is 16.0 Å². The lowest BCUT2D eigenvalue weighted by atomic mass is 9.78. The highest BCUT2D eigenvalue weighted by Crippen LogP contribution is 2.31. The average Bonchev–Trinajstić information content (AvgIpc) is 2.38. The summed E-state index contributed by atoms with van der Waals surface area (Å²) in [4.78, 5) is 23.1. The van der Waals surface area contributed by atoms with Gasteiger partial charge in [0.2, 0.25) is 0 Å². The van der Waals surface area contributed by atoms with Crippen molar-refractivity contribution in [2.24, 2.45) is 11.8 Å². The van der Waals surface area contributed by atoms with Crippen LogP contribution in [0.25, 0.3) is 0 Å². The molecule has 96 valence electrons. The zero-order chi connectivity index (χ0) is 13.1. The van der Waals surface area contributed by atoms with E-state index in [9.17, 15) is 9.59 Å². The van der Waals surface area contributed by atoms with Crippen LogP contribution in [0.3, 0.4) is 0 Å². The molecule has 1 aliphatic carbocycles. The van der Waals surface area contributed by atoms with Gasteiger partial charge in [0.05, 0.1) is 5.92 Å². The van der Waals surface area contributed by atoms with Gasteiger partial charge in [-0.2, -0.15) is 0 Å². The Hall–Kier alpha value is -1.16. The molecular formula is C14H15BrO3. The molecule has 1 saturated carbocycles. The van der Waals surface area contributed by atoms with Crippen molar-refractivity contribution >= 4 is 27.7 Å². The van der Waals surface area contributed by atoms with Gasteiger partial charge in [-0.1, -0.05) is 28.1 Å². The molecule has 1 aliphatic rings. The van der Waals surface area contributed by atoms with E-state index in [2.05, 4.69) is 15.9 Å². The van der Waals surface area contributed by atoms with Crippen LogP contribution in [0, 0.1) is 11.8 Å². The monoisotopic (exact) mass is 310 g/mol. The molecule has 0 aliphatic heterocycles. The fraction of sp³-hybridized carbons (Fsp3) is 0.429. The Balaban J connectivity index is 2.02. The Morgan fingerprint density at radius 1 is 1.11 bits per heavy atom. The largest absolute Gasteiger partial charge is 0.481 e. The van der Waals surface area contributed by atoms with E-state index in [1.807, 2.05) is 24.3 Å². The first-order chi connectivity index (χ1) is 8.58. The van der Waals surface area contributed by atoms with Gasteiger partial charge in [-0.05, 0) is 37.8 Å². The Morgan fingerprint density at radius 2 is 1.72 bits per heavy atom. The van der Waals surface area contributed by atoms with E-state index >= 15 is 0 Å². The number of carboxylic acid groups (broad SMARTS) is 1. The van der Waals surface area contributed by atoms with Crippen molar-refractivity contribution in [2.45, 2.75) is 25.7 Å². The van der Waals surface area contributed by atoms with Gasteiger partial charge in [0.1, 0.15) is 0 Å². The highest BCUT2D eigenvalue weighted by molar-refractivity contribution is 9.10. The van der Waals surface area contributed by atoms with Crippen molar-refractivity contribution < 1.29 is 14.7 Å². The summed E-state index contributed by atoms with van der Waals surface area (Å²) in [7, 11) is 0. The lowest BCUT2D eigenvalue weighted by Crippen LogP contribution is -2.25. The number of halogens is 1. The highest BCUT2D eigenvalue weighted by atomic mass is 79.9. The summed E-state index contributed by atoms with van der Waals surface area (Å²) >= 11 is 3.35. The molecule has 0 saturated heterocycles. The molecule has 1 aromatic carbocycles. The summed E-state index contributed by atoms with van der Waals surface area (Å²) in [6, 6.07) is 7.38. The molecule has 1 aromatic rings. The van der Waals surface area contributed by atoms with E-state index in [4.69, 9.17) is 5.11 Å². The van der Waals surface area contributed by atoms with Gasteiger partial charge in [0.25, 0.3) is 0 Å². The second-order valence-corrected chi connectivity index (χ2v) is 5.68. The van der Waals surface area contributed by atoms with Gasteiger partial charge in [0.15, 0.2) is 5.78 Å². The number of carbonyl (C=O) groups is 2. The highest BCUT2D eigenvalue weighted by Gasteiger charge is 2.30. The summed E-state index contributed by atoms with van der Waals surface area (Å²) in [6.07, 6.45) is 2.59. The maximum atomic E-state index is 12.3. The summed E-state index contributed by atoms with van der Waals surface area (Å²) in [5.41, 5.74) is 0.711. The van der Waals surface area contributed by atoms with Gasteiger partial charge in [-0.3, -0.25) is 9.59 Å². The molecule has 0 amide bonds. The minimum absolute atomic E-state index is 0.0186. The maximum Gasteiger partial charge on any atom is 0.306 e. The van der Waals surface area contributed by atoms with Crippen LogP contribution < -0.4 is 0 Å². The lowest BCUT2D eigenvalue weighted by molar-refractivity contribution is -0.143. The number of carboxylic acids is 1. The molecule has 0 spiro atoms. The number of hydrogen-bond donors (Lipinski definition) is 1. The molecule has 2 rings (SSSR count). The summed E-state index contributed by atoms with van der Waals surface area (Å²) < 4.78 is 0.896. The van der Waals surface area contributed by atoms with Gasteiger partial charge >= 0.3 is 5.97 Å². The molecule has 0 aromatic heterocycles. The summed E-state index contributed by atoms with van der Waals surface area (Å²) in [6.45, 7) is 0. The molecule has 3 nitrogen and oxygen atoms in total. The van der Waals surface area contributed by atoms with Crippen LogP contribution in [-0.4, -0.2) is 16.9 Å². The first-order valence-electron chi connectivity index (χ1n) is 6.10. The summed E-state index contributed by atoms with van der Waals surface area (Å²) in [5.74, 6) is -0.880. The van der Waals surface area contributed by atoms with Crippen LogP contribution in [0.4, 0.5) is 0 Å². The third-order valence-corrected chi connectivity index (χ3v) is 4.05. The van der Waals surface area contributed by atoms with Gasteiger partial charge < -0.3 is 5.11 Å². The summed E-state index contributed by atoms with van der Waals surface area (Å²) in [5, 5.41) is 8.93. The molecule has 0 bridgehead atoms. The van der Waals surface area contributed by atoms with Crippen molar-refractivity contribution in [3.63, 3.8) is 0 Å². The van der Waals surface area contributed by atoms with Crippen LogP contribution in [-0.2, 0) is 4.79 Å². The maximum absolute atomic E-state index is 12.3. The van der Waals surface area contributed by atoms with Crippen LogP contribution in [0.5, 0.6) is 0 Å². The number of aliphatic carboxylic acids is 1. The quantitative estimate of drug-likeness (QED) is 0.869. The molecule has 1 fully saturated rings. The molecule has 0 heterocycles. The first-order valence-corrected chi connectivity index (χ1v) is 6.90. The number of hydrogen-bond acceptors (Lipinski definition) is 2. The zero-order valence-electron chi connectivity index (χ0n) is 9.93. The standard InChI is InChI=1S/C14H15BrO3/c15-12-3-1-2-11(8-12)13(16)9-4-6-10(7-5-9)14(17)18/h1-3,8-10H,4-7H2,(H,17,18). The SMILES string of the molecule is O=C(O)C1CCC(C(=O)c2cccc(Br)c2)CC1. The number of Topliss-reactive ketones (excluding diaryl/α,β-unsaturated/α-hetero) is 1. The van der Waals surface area contributed by atoms with E-state index in [1.54, 1.807) is 0 Å². The van der Waals surface area contributed by atoms with E-state index in [-0.39, 0.29) is 17.6 Å². The normalized spacial score (nSPS) is 23.6. The van der Waals surface area contributed by atoms with Crippen LogP contribution in [0.2, 0.25) is 0 Å². The second-order valence-electron chi connectivity index (χ2n) is 4.76. The van der Waals surface area contributed by atoms with E-state index in [1.165, 1.54) is 0 Å². The third-order valence-electron chi connectivity index (χ3n) is 3.56. The molecule has 4 heteroatoms. The van der Waals surface area contributed by atoms with Crippen molar-refractivity contribution in [2.75, 3.05) is 0 Å².